The van der Waals surface area contributed by atoms with Crippen LogP contribution in [-0.2, 0) is 14.8 Å². The molecular formula is C24H33N3O3S. The van der Waals surface area contributed by atoms with Crippen LogP contribution in [0.15, 0.2) is 42.5 Å². The summed E-state index contributed by atoms with van der Waals surface area (Å²) in [6.45, 7) is 7.66. The molecule has 0 aromatic heterocycles. The SMILES string of the molecule is Cc1cc(C)cc(N(CC(=O)NC(C)c2ccc(N3CCCCC3)cc2)S(C)(=O)=O)c1. The number of sulfonamides is 1. The lowest BCUT2D eigenvalue weighted by Crippen LogP contribution is -2.41. The van der Waals surface area contributed by atoms with Gasteiger partial charge in [0, 0.05) is 18.8 Å². The zero-order valence-electron chi connectivity index (χ0n) is 18.9. The average Bonchev–Trinajstić information content (AvgIpc) is 2.71. The van der Waals surface area contributed by atoms with Crippen LogP contribution < -0.4 is 14.5 Å². The second-order valence-electron chi connectivity index (χ2n) is 8.54. The number of nitrogens with zero attached hydrogens (tertiary/aromatic N) is 2. The summed E-state index contributed by atoms with van der Waals surface area (Å²) in [5.41, 5.74) is 4.61. The Morgan fingerprint density at radius 1 is 1.03 bits per heavy atom. The Morgan fingerprint density at radius 2 is 1.61 bits per heavy atom. The first-order valence-corrected chi connectivity index (χ1v) is 12.7. The van der Waals surface area contributed by atoms with Crippen LogP contribution in [0.5, 0.6) is 0 Å². The molecule has 168 valence electrons. The molecule has 1 saturated heterocycles. The van der Waals surface area contributed by atoms with Gasteiger partial charge in [0.15, 0.2) is 0 Å². The smallest absolute Gasteiger partial charge is 0.241 e. The second-order valence-corrected chi connectivity index (χ2v) is 10.5. The third-order valence-corrected chi connectivity index (χ3v) is 6.81. The van der Waals surface area contributed by atoms with Gasteiger partial charge in [-0.15, -0.1) is 0 Å². The Labute approximate surface area is 186 Å². The summed E-state index contributed by atoms with van der Waals surface area (Å²) in [6, 6.07) is 13.6. The normalized spacial score (nSPS) is 15.4. The van der Waals surface area contributed by atoms with Crippen molar-refractivity contribution in [1.29, 1.82) is 0 Å². The number of carbonyl (C=O) groups is 1. The first kappa shape index (κ1) is 23.1. The molecule has 1 amide bonds. The number of carbonyl (C=O) groups excluding carboxylic acids is 1. The molecular weight excluding hydrogens is 410 g/mol. The summed E-state index contributed by atoms with van der Waals surface area (Å²) in [5, 5.41) is 2.94. The molecule has 1 atom stereocenters. The van der Waals surface area contributed by atoms with Crippen LogP contribution >= 0.6 is 0 Å². The van der Waals surface area contributed by atoms with E-state index < -0.39 is 10.0 Å². The highest BCUT2D eigenvalue weighted by atomic mass is 32.2. The van der Waals surface area contributed by atoms with E-state index in [-0.39, 0.29) is 18.5 Å². The zero-order valence-corrected chi connectivity index (χ0v) is 19.7. The van der Waals surface area contributed by atoms with Crippen LogP contribution in [-0.4, -0.2) is 40.2 Å². The molecule has 0 saturated carbocycles. The van der Waals surface area contributed by atoms with E-state index >= 15 is 0 Å². The van der Waals surface area contributed by atoms with Gasteiger partial charge in [0.25, 0.3) is 0 Å². The number of nitrogens with one attached hydrogen (secondary N) is 1. The highest BCUT2D eigenvalue weighted by Gasteiger charge is 2.22. The van der Waals surface area contributed by atoms with Crippen molar-refractivity contribution in [3.63, 3.8) is 0 Å². The van der Waals surface area contributed by atoms with E-state index in [0.29, 0.717) is 5.69 Å². The molecule has 0 spiro atoms. The second kappa shape index (κ2) is 9.73. The molecule has 0 bridgehead atoms. The first-order chi connectivity index (χ1) is 14.6. The summed E-state index contributed by atoms with van der Waals surface area (Å²) in [5.74, 6) is -0.336. The maximum absolute atomic E-state index is 12.7. The van der Waals surface area contributed by atoms with Crippen molar-refractivity contribution >= 4 is 27.3 Å². The van der Waals surface area contributed by atoms with E-state index in [9.17, 15) is 13.2 Å². The fraction of sp³-hybridized carbons (Fsp3) is 0.458. The van der Waals surface area contributed by atoms with Gasteiger partial charge in [0.2, 0.25) is 15.9 Å². The van der Waals surface area contributed by atoms with Crippen molar-refractivity contribution in [2.24, 2.45) is 0 Å². The van der Waals surface area contributed by atoms with Crippen LogP contribution in [0.2, 0.25) is 0 Å². The zero-order chi connectivity index (χ0) is 22.6. The lowest BCUT2D eigenvalue weighted by atomic mass is 10.1. The molecule has 0 radical (unpaired) electrons. The van der Waals surface area contributed by atoms with E-state index in [1.807, 2.05) is 39.0 Å². The number of amides is 1. The molecule has 31 heavy (non-hydrogen) atoms. The lowest BCUT2D eigenvalue weighted by molar-refractivity contribution is -0.120. The topological polar surface area (TPSA) is 69.7 Å². The largest absolute Gasteiger partial charge is 0.372 e. The predicted octanol–water partition coefficient (Wildman–Crippen LogP) is 3.94. The molecule has 2 aromatic rings. The van der Waals surface area contributed by atoms with Crippen molar-refractivity contribution in [2.75, 3.05) is 35.1 Å². The summed E-state index contributed by atoms with van der Waals surface area (Å²) in [6.07, 6.45) is 4.88. The quantitative estimate of drug-likeness (QED) is 0.704. The lowest BCUT2D eigenvalue weighted by Gasteiger charge is -2.29. The van der Waals surface area contributed by atoms with E-state index in [1.165, 1.54) is 24.9 Å². The molecule has 1 aliphatic heterocycles. The monoisotopic (exact) mass is 443 g/mol. The molecule has 1 fully saturated rings. The number of rotatable bonds is 7. The van der Waals surface area contributed by atoms with E-state index in [0.717, 1.165) is 40.3 Å². The molecule has 6 nitrogen and oxygen atoms in total. The van der Waals surface area contributed by atoms with Crippen LogP contribution in [0, 0.1) is 13.8 Å². The van der Waals surface area contributed by atoms with Gasteiger partial charge >= 0.3 is 0 Å². The molecule has 1 N–H and O–H groups in total. The predicted molar refractivity (Wildman–Crippen MR) is 127 cm³/mol. The van der Waals surface area contributed by atoms with Crippen LogP contribution in [0.1, 0.15) is 48.9 Å². The van der Waals surface area contributed by atoms with E-state index in [1.54, 1.807) is 12.1 Å². The average molecular weight is 444 g/mol. The van der Waals surface area contributed by atoms with Gasteiger partial charge in [-0.2, -0.15) is 0 Å². The molecule has 1 aliphatic rings. The summed E-state index contributed by atoms with van der Waals surface area (Å²) in [7, 11) is -3.60. The molecule has 2 aromatic carbocycles. The van der Waals surface area contributed by atoms with Gasteiger partial charge < -0.3 is 10.2 Å². The minimum absolute atomic E-state index is 0.219. The summed E-state index contributed by atoms with van der Waals surface area (Å²) >= 11 is 0. The maximum atomic E-state index is 12.7. The number of hydrogen-bond donors (Lipinski definition) is 1. The fourth-order valence-corrected chi connectivity index (χ4v) is 4.96. The summed E-state index contributed by atoms with van der Waals surface area (Å²) < 4.78 is 25.9. The Kier molecular flexibility index (Phi) is 7.26. The fourth-order valence-electron chi connectivity index (χ4n) is 4.12. The van der Waals surface area contributed by atoms with E-state index in [4.69, 9.17) is 0 Å². The van der Waals surface area contributed by atoms with Crippen molar-refractivity contribution in [3.05, 3.63) is 59.2 Å². The van der Waals surface area contributed by atoms with Crippen LogP contribution in [0.25, 0.3) is 0 Å². The maximum Gasteiger partial charge on any atom is 0.241 e. The number of piperidine rings is 1. The number of aryl methyl sites for hydroxylation is 2. The third-order valence-electron chi connectivity index (χ3n) is 5.67. The van der Waals surface area contributed by atoms with Gasteiger partial charge in [0.05, 0.1) is 18.0 Å². The van der Waals surface area contributed by atoms with Crippen molar-refractivity contribution in [2.45, 2.75) is 46.1 Å². The number of benzene rings is 2. The molecule has 3 rings (SSSR count). The minimum atomic E-state index is -3.60. The van der Waals surface area contributed by atoms with Crippen LogP contribution in [0.4, 0.5) is 11.4 Å². The Morgan fingerprint density at radius 3 is 2.16 bits per heavy atom. The highest BCUT2D eigenvalue weighted by Crippen LogP contribution is 2.23. The Hall–Kier alpha value is -2.54. The third kappa shape index (κ3) is 6.23. The minimum Gasteiger partial charge on any atom is -0.372 e. The van der Waals surface area contributed by atoms with Crippen molar-refractivity contribution in [1.82, 2.24) is 5.32 Å². The van der Waals surface area contributed by atoms with Crippen LogP contribution in [0.3, 0.4) is 0 Å². The van der Waals surface area contributed by atoms with Gasteiger partial charge in [-0.25, -0.2) is 8.42 Å². The summed E-state index contributed by atoms with van der Waals surface area (Å²) in [4.78, 5) is 15.1. The van der Waals surface area contributed by atoms with Gasteiger partial charge in [-0.3, -0.25) is 9.10 Å². The Balaban J connectivity index is 1.67. The highest BCUT2D eigenvalue weighted by molar-refractivity contribution is 7.92. The molecule has 1 unspecified atom stereocenters. The molecule has 1 heterocycles. The standard InChI is InChI=1S/C24H33N3O3S/c1-18-14-19(2)16-23(15-18)27(31(4,29)30)17-24(28)25-20(3)21-8-10-22(11-9-21)26-12-6-5-7-13-26/h8-11,14-16,20H,5-7,12-13,17H2,1-4H3,(H,25,28). The van der Waals surface area contributed by atoms with Gasteiger partial charge in [-0.1, -0.05) is 18.2 Å². The first-order valence-electron chi connectivity index (χ1n) is 10.8. The number of hydrogen-bond acceptors (Lipinski definition) is 4. The van der Waals surface area contributed by atoms with Crippen molar-refractivity contribution < 1.29 is 13.2 Å². The van der Waals surface area contributed by atoms with E-state index in [2.05, 4.69) is 22.3 Å². The Bertz CT molecular complexity index is 993. The molecule has 7 heteroatoms. The number of anilines is 2. The van der Waals surface area contributed by atoms with Gasteiger partial charge in [-0.05, 0) is 81.0 Å². The molecule has 0 aliphatic carbocycles. The van der Waals surface area contributed by atoms with Gasteiger partial charge in [0.1, 0.15) is 6.54 Å². The van der Waals surface area contributed by atoms with Crippen molar-refractivity contribution in [3.8, 4) is 0 Å².